The van der Waals surface area contributed by atoms with Gasteiger partial charge in [0.2, 0.25) is 0 Å². The molecule has 12 aromatic carbocycles. The smallest absolute Gasteiger partial charge is 0.346 e. The first-order valence-corrected chi connectivity index (χ1v) is 33.2. The number of aryl methyl sites for hydroxylation is 1. The van der Waals surface area contributed by atoms with Crippen molar-refractivity contribution < 1.29 is 67.6 Å². The summed E-state index contributed by atoms with van der Waals surface area (Å²) in [6.07, 6.45) is 0.855. The molecule has 2 aliphatic heterocycles. The maximum atomic E-state index is 13.7. The van der Waals surface area contributed by atoms with Gasteiger partial charge in [-0.15, -0.1) is 0 Å². The fourth-order valence-corrected chi connectivity index (χ4v) is 14.7. The van der Waals surface area contributed by atoms with Gasteiger partial charge in [0.05, 0.1) is 44.2 Å². The molecule has 0 unspecified atom stereocenters. The van der Waals surface area contributed by atoms with E-state index in [2.05, 4.69) is 162 Å². The second-order valence-corrected chi connectivity index (χ2v) is 25.5. The lowest BCUT2D eigenvalue weighted by atomic mass is 9.67. The Morgan fingerprint density at radius 3 is 1.02 bits per heavy atom. The lowest BCUT2D eigenvalue weighted by molar-refractivity contribution is 0.0425. The van der Waals surface area contributed by atoms with Crippen molar-refractivity contribution >= 4 is 70.3 Å². The first kappa shape index (κ1) is 67.3. The van der Waals surface area contributed by atoms with Crippen molar-refractivity contribution in [1.82, 2.24) is 0 Å². The van der Waals surface area contributed by atoms with Crippen LogP contribution in [0.1, 0.15) is 184 Å². The Labute approximate surface area is 595 Å². The van der Waals surface area contributed by atoms with Gasteiger partial charge in [0, 0.05) is 51.2 Å². The molecule has 506 valence electrons. The first-order valence-electron chi connectivity index (χ1n) is 33.2. The van der Waals surface area contributed by atoms with Crippen LogP contribution in [0.3, 0.4) is 0 Å². The van der Waals surface area contributed by atoms with Gasteiger partial charge in [-0.1, -0.05) is 201 Å². The molecule has 0 atom stereocenters. The van der Waals surface area contributed by atoms with Crippen LogP contribution in [0.4, 0.5) is 11.4 Å². The fourth-order valence-electron chi connectivity index (χ4n) is 14.7. The molecular weight excluding hydrogens is 1310 g/mol. The molecule has 0 aromatic heterocycles. The zero-order valence-electron chi connectivity index (χ0n) is 55.8. The molecule has 16 nitrogen and oxygen atoms in total. The molecule has 12 aromatic rings. The Morgan fingerprint density at radius 1 is 0.337 bits per heavy atom. The number of carbonyl (C=O) groups is 10. The van der Waals surface area contributed by atoms with Crippen LogP contribution in [0.25, 0.3) is 22.3 Å². The van der Waals surface area contributed by atoms with Crippen molar-refractivity contribution in [2.45, 2.75) is 37.5 Å². The number of carboxylic acids is 2. The van der Waals surface area contributed by atoms with E-state index in [4.69, 9.17) is 11.5 Å². The van der Waals surface area contributed by atoms with E-state index in [0.717, 1.165) is 35.0 Å². The predicted octanol–water partition coefficient (Wildman–Crippen LogP) is 15.6. The third kappa shape index (κ3) is 11.6. The van der Waals surface area contributed by atoms with Gasteiger partial charge in [-0.25, -0.2) is 28.8 Å². The summed E-state index contributed by atoms with van der Waals surface area (Å²) in [7, 11) is 0. The number of nitrogen functional groups attached to an aromatic ring is 2. The molecule has 0 spiro atoms. The molecule has 0 bridgehead atoms. The average molecular weight is 1370 g/mol. The van der Waals surface area contributed by atoms with Crippen molar-refractivity contribution in [3.63, 3.8) is 0 Å². The van der Waals surface area contributed by atoms with Crippen LogP contribution in [0, 0.1) is 0 Å². The van der Waals surface area contributed by atoms with E-state index < -0.39 is 64.4 Å². The Morgan fingerprint density at radius 2 is 0.654 bits per heavy atom. The molecule has 16 rings (SSSR count). The Hall–Kier alpha value is -13.9. The second kappa shape index (κ2) is 27.0. The maximum absolute atomic E-state index is 13.7. The van der Waals surface area contributed by atoms with Crippen molar-refractivity contribution in [2.24, 2.45) is 0 Å². The monoisotopic (exact) mass is 1370 g/mol. The second-order valence-electron chi connectivity index (χ2n) is 25.5. The van der Waals surface area contributed by atoms with Gasteiger partial charge in [0.25, 0.3) is 0 Å². The third-order valence-corrected chi connectivity index (χ3v) is 19.7. The summed E-state index contributed by atoms with van der Waals surface area (Å²) in [5.41, 5.74) is 28.7. The number of aromatic carboxylic acids is 2. The van der Waals surface area contributed by atoms with E-state index in [9.17, 15) is 58.2 Å². The van der Waals surface area contributed by atoms with Gasteiger partial charge in [-0.3, -0.25) is 19.2 Å². The third-order valence-electron chi connectivity index (χ3n) is 19.7. The molecule has 0 fully saturated rings. The minimum absolute atomic E-state index is 0.0154. The zero-order valence-corrected chi connectivity index (χ0v) is 55.8. The topological polar surface area (TPSA) is 282 Å². The molecule has 0 saturated heterocycles. The quantitative estimate of drug-likeness (QED) is 0.0321. The highest BCUT2D eigenvalue weighted by Crippen LogP contribution is 2.58. The van der Waals surface area contributed by atoms with Crippen LogP contribution in [-0.2, 0) is 33.1 Å². The number of rotatable bonds is 15. The molecule has 6 N–H and O–H groups in total. The summed E-state index contributed by atoms with van der Waals surface area (Å²) >= 11 is 0. The summed E-state index contributed by atoms with van der Waals surface area (Å²) < 4.78 is 8.94. The number of carboxylic acid groups (broad SMARTS) is 2. The normalized spacial score (nSPS) is 13.4. The largest absolute Gasteiger partial charge is 0.478 e. The van der Waals surface area contributed by atoms with Crippen molar-refractivity contribution in [3.05, 3.63) is 389 Å². The number of hydrogen-bond donors (Lipinski definition) is 4. The highest BCUT2D eigenvalue weighted by atomic mass is 16.6. The number of nitrogens with two attached hydrogens (primary N) is 2. The van der Waals surface area contributed by atoms with Crippen LogP contribution in [-0.4, -0.2) is 69.2 Å². The van der Waals surface area contributed by atoms with Crippen LogP contribution in [0.2, 0.25) is 0 Å². The number of hydrogen-bond acceptors (Lipinski definition) is 14. The molecule has 2 heterocycles. The van der Waals surface area contributed by atoms with Gasteiger partial charge in [-0.05, 0) is 164 Å². The molecule has 104 heavy (non-hydrogen) atoms. The van der Waals surface area contributed by atoms with Gasteiger partial charge in [0.1, 0.15) is 0 Å². The van der Waals surface area contributed by atoms with Gasteiger partial charge in [0.15, 0.2) is 23.1 Å². The number of ether oxygens (including phenoxy) is 2. The molecule has 0 radical (unpaired) electrons. The SMILES string of the molecule is CCc1ccc(C2(c3ccc(CC(=O)c4ccc(C(=O)c5ccc(C(=O)O)c(C(C)=O)c5)cc4C(=O)O)cc3)c3ccccc3-c3ccccc32)cc1.Nc1ccc(C2(c3ccc(N)cc3)c3ccccc3-c3ccccc32)cc1.O=C(c1ccc2c(c1)C(=O)OC2=O)c1ccc2c(c1)C(=O)OC2=O. The lowest BCUT2D eigenvalue weighted by Crippen LogP contribution is -2.28. The number of fused-ring (bicyclic) bond motifs is 8. The fraction of sp³-hybridized carbons (Fsp3) is 0.0682. The van der Waals surface area contributed by atoms with E-state index >= 15 is 0 Å². The molecule has 0 amide bonds. The number of benzene rings is 12. The number of carbonyl (C=O) groups excluding carboxylic acids is 8. The van der Waals surface area contributed by atoms with Gasteiger partial charge >= 0.3 is 35.8 Å². The van der Waals surface area contributed by atoms with Gasteiger partial charge in [-0.2, -0.15) is 0 Å². The van der Waals surface area contributed by atoms with E-state index in [1.165, 1.54) is 135 Å². The average Bonchev–Trinajstić information content (AvgIpc) is 1.54. The van der Waals surface area contributed by atoms with Crippen LogP contribution in [0.5, 0.6) is 0 Å². The Kier molecular flexibility index (Phi) is 17.5. The van der Waals surface area contributed by atoms with E-state index in [1.807, 2.05) is 48.5 Å². The Bertz CT molecular complexity index is 5440. The highest BCUT2D eigenvalue weighted by molar-refractivity contribution is 6.20. The predicted molar refractivity (Wildman–Crippen MR) is 390 cm³/mol. The summed E-state index contributed by atoms with van der Waals surface area (Å²) in [6, 6.07) is 82.8. The molecule has 4 aliphatic rings. The van der Waals surface area contributed by atoms with Crippen molar-refractivity contribution in [3.8, 4) is 22.3 Å². The standard InChI is InChI=1S/C46H34O7.C25H20N2.C17H6O7/c1-3-28-12-18-32(19-13-28)46(40-10-6-4-8-34(40)35-9-5-7-11-41(35)46)33-20-14-29(15-21-33)24-42(48)36-22-16-31(26-39(36)45(52)53)43(49)30-17-23-37(44(50)51)38(25-30)27(2)47;26-19-13-9-17(10-14-19)25(18-11-15-20(27)16-12-18)23-7-3-1-5-21(23)22-6-2-4-8-24(22)25;18-13(7-1-3-9-11(5-7)16(21)23-14(9)19)8-2-4-10-12(6-8)17(22)24-15(10)20/h4-23,25-26H,3,24H2,1-2H3,(H,50,51)(H,52,53);1-16H,26-27H2;1-6H. The molecular formula is C88H60N2O14. The van der Waals surface area contributed by atoms with E-state index in [1.54, 1.807) is 0 Å². The highest BCUT2D eigenvalue weighted by Gasteiger charge is 2.48. The van der Waals surface area contributed by atoms with Crippen LogP contribution >= 0.6 is 0 Å². The van der Waals surface area contributed by atoms with Crippen molar-refractivity contribution in [2.75, 3.05) is 11.5 Å². The maximum Gasteiger partial charge on any atom is 0.346 e. The summed E-state index contributed by atoms with van der Waals surface area (Å²) in [6.45, 7) is 3.33. The number of cyclic esters (lactones) is 4. The van der Waals surface area contributed by atoms with E-state index in [-0.39, 0.29) is 78.6 Å². The number of esters is 4. The first-order chi connectivity index (χ1) is 50.2. The molecule has 2 aliphatic carbocycles. The van der Waals surface area contributed by atoms with Crippen molar-refractivity contribution in [1.29, 1.82) is 0 Å². The number of ketones is 4. The van der Waals surface area contributed by atoms with Gasteiger partial charge < -0.3 is 31.2 Å². The molecule has 0 saturated carbocycles. The minimum atomic E-state index is -1.38. The van der Waals surface area contributed by atoms with E-state index in [0.29, 0.717) is 5.56 Å². The Balaban J connectivity index is 0.000000148. The summed E-state index contributed by atoms with van der Waals surface area (Å²) in [5, 5.41) is 19.5. The zero-order chi connectivity index (χ0) is 72.9. The summed E-state index contributed by atoms with van der Waals surface area (Å²) in [4.78, 5) is 122. The van der Waals surface area contributed by atoms with Crippen LogP contribution < -0.4 is 11.5 Å². The molecule has 16 heteroatoms. The number of Topliss-reactive ketones (excluding diaryl/α,β-unsaturated/α-hetero) is 2. The van der Waals surface area contributed by atoms with Crippen LogP contribution in [0.15, 0.2) is 267 Å². The minimum Gasteiger partial charge on any atom is -0.478 e. The summed E-state index contributed by atoms with van der Waals surface area (Å²) in [5.74, 6) is -7.87. The number of anilines is 2. The lowest BCUT2D eigenvalue weighted by Gasteiger charge is -2.34.